The lowest BCUT2D eigenvalue weighted by molar-refractivity contribution is -0.211. The summed E-state index contributed by atoms with van der Waals surface area (Å²) in [6, 6.07) is 7.74. The van der Waals surface area contributed by atoms with Crippen molar-refractivity contribution >= 4 is 42.4 Å². The molecule has 0 radical (unpaired) electrons. The van der Waals surface area contributed by atoms with Gasteiger partial charge >= 0.3 is 13.8 Å². The predicted octanol–water partition coefficient (Wildman–Crippen LogP) is 4.95. The number of aromatic hydroxyl groups is 1. The number of benzene rings is 4. The molecule has 3 aromatic rings. The van der Waals surface area contributed by atoms with Gasteiger partial charge in [0.05, 0.1) is 10.6 Å². The maximum atomic E-state index is 16.3. The fraction of sp³-hybridized carbons (Fsp3) is 0.100. The molecular formula is C30H18F5NO10PS-. The van der Waals surface area contributed by atoms with E-state index in [-0.39, 0.29) is 30.5 Å². The molecule has 5 rings (SSSR count). The second-order valence-corrected chi connectivity index (χ2v) is 12.1. The van der Waals surface area contributed by atoms with E-state index in [2.05, 4.69) is 9.84 Å². The van der Waals surface area contributed by atoms with Crippen LogP contribution in [-0.4, -0.2) is 39.3 Å². The lowest BCUT2D eigenvalue weighted by Crippen LogP contribution is -2.27. The molecule has 1 heterocycles. The quantitative estimate of drug-likeness (QED) is 0.0505. The highest BCUT2D eigenvalue weighted by Gasteiger charge is 2.34. The molecule has 1 amide bonds. The number of hydrogen-bond acceptors (Lipinski definition) is 9. The van der Waals surface area contributed by atoms with Crippen LogP contribution in [0, 0.1) is 29.1 Å². The number of carboxylic acid groups (broad SMARTS) is 1. The van der Waals surface area contributed by atoms with Gasteiger partial charge in [0.2, 0.25) is 11.3 Å². The monoisotopic (exact) mass is 710 g/mol. The van der Waals surface area contributed by atoms with Crippen LogP contribution < -0.4 is 20.2 Å². The standard InChI is InChI=1S/C30H19F5NO10PS/c31-16-7-14-20(9-18(16)37)45-21-10-19(38)17(32)8-15(21)23(14)24-25(30(40)41)26(33)28(35)29(27(24)34)48-11-22(39)36-6-5-12-1-3-13(4-2-12)46-47(42,43)44/h1-4,7-10,37H,5-6,11H2,(H,36,39)(H,40,41)(H2,42,43,44)/p-1. The number of phosphoric acid groups is 1. The highest BCUT2D eigenvalue weighted by molar-refractivity contribution is 8.00. The highest BCUT2D eigenvalue weighted by atomic mass is 32.2. The first-order chi connectivity index (χ1) is 22.6. The van der Waals surface area contributed by atoms with E-state index in [1.807, 2.05) is 0 Å². The van der Waals surface area contributed by atoms with Crippen molar-refractivity contribution in [3.63, 3.8) is 0 Å². The molecule has 2 aliphatic rings. The van der Waals surface area contributed by atoms with E-state index in [0.29, 0.717) is 29.8 Å². The third-order valence-corrected chi connectivity index (χ3v) is 8.31. The minimum atomic E-state index is -5.01. The van der Waals surface area contributed by atoms with E-state index in [0.717, 1.165) is 0 Å². The molecule has 1 atom stereocenters. The summed E-state index contributed by atoms with van der Waals surface area (Å²) in [4.78, 5) is 55.1. The van der Waals surface area contributed by atoms with Crippen LogP contribution >= 0.6 is 19.6 Å². The van der Waals surface area contributed by atoms with Crippen molar-refractivity contribution in [3.8, 4) is 33.9 Å². The van der Waals surface area contributed by atoms with Gasteiger partial charge < -0.3 is 34.3 Å². The zero-order valence-corrected chi connectivity index (χ0v) is 25.4. The van der Waals surface area contributed by atoms with Gasteiger partial charge in [0.25, 0.3) is 0 Å². The highest BCUT2D eigenvalue weighted by Crippen LogP contribution is 2.46. The molecular weight excluding hydrogens is 692 g/mol. The van der Waals surface area contributed by atoms with E-state index in [4.69, 9.17) is 9.31 Å². The van der Waals surface area contributed by atoms with Crippen LogP contribution in [0.1, 0.15) is 15.9 Å². The number of amides is 1. The fourth-order valence-electron chi connectivity index (χ4n) is 4.76. The van der Waals surface area contributed by atoms with Gasteiger partial charge in [-0.1, -0.05) is 12.1 Å². The Hall–Kier alpha value is -4.96. The van der Waals surface area contributed by atoms with Crippen molar-refractivity contribution in [2.24, 2.45) is 0 Å². The number of nitrogens with one attached hydrogen (secondary N) is 1. The molecule has 250 valence electrons. The van der Waals surface area contributed by atoms with Gasteiger partial charge in [-0.2, -0.15) is 0 Å². The molecule has 0 saturated heterocycles. The first kappa shape index (κ1) is 34.4. The molecule has 0 bridgehead atoms. The van der Waals surface area contributed by atoms with Crippen molar-refractivity contribution in [1.82, 2.24) is 5.32 Å². The van der Waals surface area contributed by atoms with E-state index < -0.39 is 110 Å². The molecule has 0 fully saturated rings. The fourth-order valence-corrected chi connectivity index (χ4v) is 5.97. The van der Waals surface area contributed by atoms with Crippen LogP contribution in [0.25, 0.3) is 33.4 Å². The Balaban J connectivity index is 1.50. The molecule has 0 aromatic heterocycles. The summed E-state index contributed by atoms with van der Waals surface area (Å²) in [5, 5.41) is 21.6. The largest absolute Gasteiger partial charge is 0.746 e. The van der Waals surface area contributed by atoms with Crippen molar-refractivity contribution < 1.29 is 65.0 Å². The summed E-state index contributed by atoms with van der Waals surface area (Å²) < 4.78 is 96.5. The molecule has 48 heavy (non-hydrogen) atoms. The van der Waals surface area contributed by atoms with Crippen LogP contribution in [0.2, 0.25) is 0 Å². The van der Waals surface area contributed by atoms with Crippen LogP contribution in [0.3, 0.4) is 0 Å². The SMILES string of the molecule is O=C(CSc1c(F)c(F)c(C(=O)O)c(-c2c3cc(F)c(=O)cc-3oc3cc(O)c(F)cc23)c1F)NCCc1ccc(OP(=O)([O-])O)cc1. The molecule has 3 aromatic carbocycles. The lowest BCUT2D eigenvalue weighted by atomic mass is 9.89. The van der Waals surface area contributed by atoms with E-state index >= 15 is 13.2 Å². The summed E-state index contributed by atoms with van der Waals surface area (Å²) in [6.07, 6.45) is 0.187. The van der Waals surface area contributed by atoms with Crippen molar-refractivity contribution in [2.45, 2.75) is 11.3 Å². The number of fused-ring (bicyclic) bond motifs is 2. The minimum Gasteiger partial charge on any atom is -0.746 e. The number of carbonyl (C=O) groups is 2. The minimum absolute atomic E-state index is 0.0284. The zero-order chi connectivity index (χ0) is 35.1. The number of halogens is 5. The van der Waals surface area contributed by atoms with E-state index in [9.17, 15) is 42.8 Å². The number of phosphoric ester groups is 1. The summed E-state index contributed by atoms with van der Waals surface area (Å²) in [5.41, 5.74) is -5.07. The summed E-state index contributed by atoms with van der Waals surface area (Å²) in [5.74, 6) is -13.8. The van der Waals surface area contributed by atoms with Gasteiger partial charge in [-0.05, 0) is 36.2 Å². The molecule has 11 nitrogen and oxygen atoms in total. The number of aromatic carboxylic acids is 1. The first-order valence-electron chi connectivity index (χ1n) is 13.3. The summed E-state index contributed by atoms with van der Waals surface area (Å²) in [7, 11) is -5.01. The van der Waals surface area contributed by atoms with Gasteiger partial charge in [0, 0.05) is 40.8 Å². The van der Waals surface area contributed by atoms with Crippen LogP contribution in [-0.2, 0) is 15.8 Å². The van der Waals surface area contributed by atoms with Gasteiger partial charge in [0.1, 0.15) is 28.5 Å². The number of phenolic OH excluding ortho intramolecular Hbond substituents is 1. The van der Waals surface area contributed by atoms with Crippen LogP contribution in [0.15, 0.2) is 62.6 Å². The molecule has 18 heteroatoms. The number of thioether (sulfide) groups is 1. The third-order valence-electron chi connectivity index (χ3n) is 6.81. The Morgan fingerprint density at radius 3 is 2.29 bits per heavy atom. The second-order valence-electron chi connectivity index (χ2n) is 9.97. The number of hydrogen-bond donors (Lipinski definition) is 4. The Morgan fingerprint density at radius 1 is 0.958 bits per heavy atom. The summed E-state index contributed by atoms with van der Waals surface area (Å²) in [6.45, 7) is -0.0284. The summed E-state index contributed by atoms with van der Waals surface area (Å²) >= 11 is 0.148. The Bertz CT molecular complexity index is 2190. The molecule has 0 spiro atoms. The van der Waals surface area contributed by atoms with E-state index in [1.54, 1.807) is 0 Å². The maximum Gasteiger partial charge on any atom is 0.339 e. The zero-order valence-electron chi connectivity index (χ0n) is 23.7. The Labute approximate surface area is 269 Å². The van der Waals surface area contributed by atoms with Crippen molar-refractivity contribution in [2.75, 3.05) is 12.3 Å². The predicted molar refractivity (Wildman–Crippen MR) is 157 cm³/mol. The number of phenols is 1. The normalized spacial score (nSPS) is 12.6. The van der Waals surface area contributed by atoms with E-state index in [1.165, 1.54) is 24.3 Å². The number of rotatable bonds is 10. The second kappa shape index (κ2) is 13.3. The molecule has 1 aliphatic carbocycles. The van der Waals surface area contributed by atoms with Crippen LogP contribution in [0.4, 0.5) is 22.0 Å². The first-order valence-corrected chi connectivity index (χ1v) is 15.8. The molecule has 0 saturated carbocycles. The van der Waals surface area contributed by atoms with Gasteiger partial charge in [-0.3, -0.25) is 14.2 Å². The number of carbonyl (C=O) groups excluding carboxylic acids is 1. The Kier molecular flexibility index (Phi) is 9.51. The van der Waals surface area contributed by atoms with Crippen molar-refractivity contribution in [1.29, 1.82) is 0 Å². The average molecular weight is 711 g/mol. The van der Waals surface area contributed by atoms with Crippen LogP contribution in [0.5, 0.6) is 11.5 Å². The van der Waals surface area contributed by atoms with Gasteiger partial charge in [0.15, 0.2) is 29.0 Å². The molecule has 4 N–H and O–H groups in total. The average Bonchev–Trinajstić information content (AvgIpc) is 3.00. The number of carboxylic acids is 1. The van der Waals surface area contributed by atoms with Gasteiger partial charge in [-0.25, -0.2) is 26.7 Å². The smallest absolute Gasteiger partial charge is 0.339 e. The molecule has 1 unspecified atom stereocenters. The topological polar surface area (TPSA) is 186 Å². The maximum absolute atomic E-state index is 16.3. The van der Waals surface area contributed by atoms with Crippen molar-refractivity contribution in [3.05, 3.63) is 99.0 Å². The van der Waals surface area contributed by atoms with Gasteiger partial charge in [-0.15, -0.1) is 11.8 Å². The molecule has 1 aliphatic heterocycles. The third kappa shape index (κ3) is 6.99. The lowest BCUT2D eigenvalue weighted by Gasteiger charge is -2.19. The Morgan fingerprint density at radius 2 is 1.65 bits per heavy atom.